The summed E-state index contributed by atoms with van der Waals surface area (Å²) >= 11 is 3.70. The van der Waals surface area contributed by atoms with Crippen molar-refractivity contribution in [3.8, 4) is 0 Å². The minimum atomic E-state index is 0.481. The molecule has 0 aliphatic heterocycles. The summed E-state index contributed by atoms with van der Waals surface area (Å²) in [4.78, 5) is 4.37. The third kappa shape index (κ3) is 3.33. The van der Waals surface area contributed by atoms with E-state index in [4.69, 9.17) is 0 Å². The molecule has 0 N–H and O–H groups in total. The van der Waals surface area contributed by atoms with E-state index in [1.807, 2.05) is 23.3 Å². The zero-order valence-electron chi connectivity index (χ0n) is 10.4. The molecule has 17 heavy (non-hydrogen) atoms. The molecule has 0 spiro atoms. The van der Waals surface area contributed by atoms with Gasteiger partial charge in [0.05, 0.1) is 5.25 Å². The summed E-state index contributed by atoms with van der Waals surface area (Å²) in [7, 11) is 0. The minimum absolute atomic E-state index is 0.481. The van der Waals surface area contributed by atoms with E-state index < -0.39 is 0 Å². The van der Waals surface area contributed by atoms with Crippen LogP contribution < -0.4 is 0 Å². The predicted octanol–water partition coefficient (Wildman–Crippen LogP) is 4.75. The Balaban J connectivity index is 2.00. The van der Waals surface area contributed by atoms with Crippen LogP contribution in [0.25, 0.3) is 0 Å². The normalized spacial score (nSPS) is 12.6. The zero-order valence-corrected chi connectivity index (χ0v) is 12.1. The van der Waals surface area contributed by atoms with E-state index in [1.165, 1.54) is 21.7 Å². The number of aromatic nitrogens is 1. The molecule has 0 saturated heterocycles. The fourth-order valence-corrected chi connectivity index (χ4v) is 3.57. The van der Waals surface area contributed by atoms with Gasteiger partial charge in [-0.25, -0.2) is 4.98 Å². The van der Waals surface area contributed by atoms with Gasteiger partial charge >= 0.3 is 0 Å². The first-order valence-electron chi connectivity index (χ1n) is 5.74. The highest BCUT2D eigenvalue weighted by atomic mass is 32.2. The molecule has 0 bridgehead atoms. The van der Waals surface area contributed by atoms with Gasteiger partial charge in [-0.3, -0.25) is 0 Å². The molecule has 0 aliphatic carbocycles. The summed E-state index contributed by atoms with van der Waals surface area (Å²) in [6.07, 6.45) is 1.88. The topological polar surface area (TPSA) is 12.9 Å². The molecule has 3 heteroatoms. The number of hydrogen-bond donors (Lipinski definition) is 0. The number of thiazole rings is 1. The summed E-state index contributed by atoms with van der Waals surface area (Å²) in [5.74, 6) is 1.06. The van der Waals surface area contributed by atoms with Crippen molar-refractivity contribution in [2.75, 3.05) is 0 Å². The van der Waals surface area contributed by atoms with Crippen LogP contribution in [-0.2, 0) is 5.75 Å². The summed E-state index contributed by atoms with van der Waals surface area (Å²) in [5, 5.41) is 3.75. The highest BCUT2D eigenvalue weighted by Gasteiger charge is 2.09. The number of hydrogen-bond acceptors (Lipinski definition) is 3. The van der Waals surface area contributed by atoms with Crippen LogP contribution in [0.4, 0.5) is 0 Å². The summed E-state index contributed by atoms with van der Waals surface area (Å²) in [6.45, 7) is 6.57. The third-order valence-corrected chi connectivity index (χ3v) is 5.10. The van der Waals surface area contributed by atoms with Crippen molar-refractivity contribution in [1.29, 1.82) is 0 Å². The fraction of sp³-hybridized carbons (Fsp3) is 0.357. The molecule has 0 fully saturated rings. The van der Waals surface area contributed by atoms with Crippen molar-refractivity contribution in [3.63, 3.8) is 0 Å². The lowest BCUT2D eigenvalue weighted by atomic mass is 10.1. The SMILES string of the molecule is Cc1ccc(C)c(CSC(C)c2nccs2)c1. The number of aryl methyl sites for hydroxylation is 2. The first-order valence-corrected chi connectivity index (χ1v) is 7.67. The molecule has 1 heterocycles. The van der Waals surface area contributed by atoms with Crippen molar-refractivity contribution in [1.82, 2.24) is 4.98 Å². The molecule has 0 radical (unpaired) electrons. The fourth-order valence-electron chi connectivity index (χ4n) is 1.68. The van der Waals surface area contributed by atoms with Gasteiger partial charge in [0.1, 0.15) is 5.01 Å². The maximum atomic E-state index is 4.37. The molecule has 2 aromatic rings. The largest absolute Gasteiger partial charge is 0.249 e. The van der Waals surface area contributed by atoms with Crippen molar-refractivity contribution in [2.45, 2.75) is 31.8 Å². The molecule has 90 valence electrons. The van der Waals surface area contributed by atoms with Crippen molar-refractivity contribution in [2.24, 2.45) is 0 Å². The molecule has 1 aromatic carbocycles. The minimum Gasteiger partial charge on any atom is -0.249 e. The van der Waals surface area contributed by atoms with Crippen LogP contribution in [0.15, 0.2) is 29.8 Å². The zero-order chi connectivity index (χ0) is 12.3. The Bertz CT molecular complexity index is 477. The van der Waals surface area contributed by atoms with Crippen LogP contribution in [0.5, 0.6) is 0 Å². The summed E-state index contributed by atoms with van der Waals surface area (Å²) in [6, 6.07) is 6.67. The van der Waals surface area contributed by atoms with Crippen LogP contribution in [0.2, 0.25) is 0 Å². The van der Waals surface area contributed by atoms with Crippen molar-refractivity contribution < 1.29 is 0 Å². The van der Waals surface area contributed by atoms with Crippen LogP contribution in [-0.4, -0.2) is 4.98 Å². The first kappa shape index (κ1) is 12.7. The van der Waals surface area contributed by atoms with Gasteiger partial charge in [-0.2, -0.15) is 0 Å². The van der Waals surface area contributed by atoms with E-state index in [9.17, 15) is 0 Å². The molecule has 1 atom stereocenters. The Hall–Kier alpha value is -0.800. The van der Waals surface area contributed by atoms with Crippen LogP contribution in [0.1, 0.15) is 33.9 Å². The quantitative estimate of drug-likeness (QED) is 0.789. The average molecular weight is 263 g/mol. The molecular formula is C14H17NS2. The lowest BCUT2D eigenvalue weighted by molar-refractivity contribution is 1.06. The number of benzene rings is 1. The highest BCUT2D eigenvalue weighted by molar-refractivity contribution is 7.98. The molecule has 0 amide bonds. The maximum absolute atomic E-state index is 4.37. The van der Waals surface area contributed by atoms with Gasteiger partial charge in [0.15, 0.2) is 0 Å². The third-order valence-electron chi connectivity index (χ3n) is 2.79. The molecule has 1 aromatic heterocycles. The molecule has 0 saturated carbocycles. The Morgan fingerprint density at radius 2 is 2.18 bits per heavy atom. The maximum Gasteiger partial charge on any atom is 0.105 e. The second-order valence-corrected chi connectivity index (χ2v) is 6.51. The predicted molar refractivity (Wildman–Crippen MR) is 77.7 cm³/mol. The highest BCUT2D eigenvalue weighted by Crippen LogP contribution is 2.32. The van der Waals surface area contributed by atoms with Crippen molar-refractivity contribution >= 4 is 23.1 Å². The van der Waals surface area contributed by atoms with E-state index in [0.29, 0.717) is 5.25 Å². The Morgan fingerprint density at radius 3 is 2.88 bits per heavy atom. The van der Waals surface area contributed by atoms with Gasteiger partial charge in [0.2, 0.25) is 0 Å². The van der Waals surface area contributed by atoms with E-state index in [-0.39, 0.29) is 0 Å². The van der Waals surface area contributed by atoms with Crippen LogP contribution in [0, 0.1) is 13.8 Å². The van der Waals surface area contributed by atoms with E-state index in [2.05, 4.69) is 44.0 Å². The van der Waals surface area contributed by atoms with E-state index in [0.717, 1.165) is 5.75 Å². The average Bonchev–Trinajstić information content (AvgIpc) is 2.83. The van der Waals surface area contributed by atoms with Gasteiger partial charge in [-0.15, -0.1) is 23.1 Å². The molecule has 1 nitrogen and oxygen atoms in total. The standard InChI is InChI=1S/C14H17NS2/c1-10-4-5-11(2)13(8-10)9-17-12(3)14-15-6-7-16-14/h4-8,12H,9H2,1-3H3. The van der Waals surface area contributed by atoms with Crippen molar-refractivity contribution in [3.05, 3.63) is 51.5 Å². The van der Waals surface area contributed by atoms with Crippen LogP contribution in [0.3, 0.4) is 0 Å². The monoisotopic (exact) mass is 263 g/mol. The Morgan fingerprint density at radius 1 is 1.35 bits per heavy atom. The van der Waals surface area contributed by atoms with E-state index >= 15 is 0 Å². The lowest BCUT2D eigenvalue weighted by Crippen LogP contribution is -1.91. The van der Waals surface area contributed by atoms with E-state index in [1.54, 1.807) is 11.3 Å². The molecule has 2 rings (SSSR count). The Labute approximate surface area is 111 Å². The van der Waals surface area contributed by atoms with Gasteiger partial charge in [-0.1, -0.05) is 23.8 Å². The van der Waals surface area contributed by atoms with Gasteiger partial charge in [-0.05, 0) is 31.9 Å². The number of nitrogens with zero attached hydrogens (tertiary/aromatic N) is 1. The second-order valence-electron chi connectivity index (χ2n) is 4.25. The van der Waals surface area contributed by atoms with Gasteiger partial charge in [0, 0.05) is 17.3 Å². The molecule has 1 unspecified atom stereocenters. The summed E-state index contributed by atoms with van der Waals surface area (Å²) in [5.41, 5.74) is 4.17. The van der Waals surface area contributed by atoms with Gasteiger partial charge in [0.25, 0.3) is 0 Å². The number of thioether (sulfide) groups is 1. The second kappa shape index (κ2) is 5.69. The van der Waals surface area contributed by atoms with Crippen LogP contribution >= 0.6 is 23.1 Å². The Kier molecular flexibility index (Phi) is 4.24. The molecular weight excluding hydrogens is 246 g/mol. The van der Waals surface area contributed by atoms with Gasteiger partial charge < -0.3 is 0 Å². The summed E-state index contributed by atoms with van der Waals surface area (Å²) < 4.78 is 0. The molecule has 0 aliphatic rings. The smallest absolute Gasteiger partial charge is 0.105 e. The lowest BCUT2D eigenvalue weighted by Gasteiger charge is -2.10. The number of rotatable bonds is 4. The first-order chi connectivity index (χ1) is 8.16.